The molecule has 14 heavy (non-hydrogen) atoms. The predicted octanol–water partition coefficient (Wildman–Crippen LogP) is 0.336. The summed E-state index contributed by atoms with van der Waals surface area (Å²) in [7, 11) is 0. The van der Waals surface area contributed by atoms with E-state index in [1.165, 1.54) is 0 Å². The van der Waals surface area contributed by atoms with Gasteiger partial charge in [-0.05, 0) is 0 Å². The monoisotopic (exact) mass is 190 g/mol. The van der Waals surface area contributed by atoms with Crippen LogP contribution in [-0.4, -0.2) is 22.0 Å². The fourth-order valence-corrected chi connectivity index (χ4v) is 1.34. The minimum atomic E-state index is 0.149. The molecule has 0 spiro atoms. The highest BCUT2D eigenvalue weighted by Crippen LogP contribution is 2.34. The van der Waals surface area contributed by atoms with E-state index in [1.54, 1.807) is 12.1 Å². The Kier molecular flexibility index (Phi) is 1.27. The summed E-state index contributed by atoms with van der Waals surface area (Å²) in [6.07, 6.45) is 0. The van der Waals surface area contributed by atoms with Crippen LogP contribution in [0.5, 0.6) is 11.5 Å². The summed E-state index contributed by atoms with van der Waals surface area (Å²) in [5.41, 5.74) is 6.71. The fraction of sp³-hybridized carbons (Fsp3) is 0.125. The molecule has 0 fully saturated rings. The van der Waals surface area contributed by atoms with E-state index in [2.05, 4.69) is 15.2 Å². The van der Waals surface area contributed by atoms with Crippen molar-refractivity contribution in [2.24, 2.45) is 0 Å². The van der Waals surface area contributed by atoms with Gasteiger partial charge in [0.05, 0.1) is 5.52 Å². The lowest BCUT2D eigenvalue weighted by molar-refractivity contribution is 0.174. The van der Waals surface area contributed by atoms with Crippen molar-refractivity contribution in [3.63, 3.8) is 0 Å². The van der Waals surface area contributed by atoms with Gasteiger partial charge in [-0.25, -0.2) is 4.98 Å². The van der Waals surface area contributed by atoms with Crippen LogP contribution in [0.25, 0.3) is 11.0 Å². The molecule has 1 aliphatic rings. The van der Waals surface area contributed by atoms with Gasteiger partial charge in [-0.3, -0.25) is 0 Å². The van der Waals surface area contributed by atoms with E-state index >= 15 is 0 Å². The van der Waals surface area contributed by atoms with Gasteiger partial charge in [0.1, 0.15) is 5.52 Å². The average Bonchev–Trinajstić information content (AvgIpc) is 2.61. The molecule has 0 unspecified atom stereocenters. The lowest BCUT2D eigenvalue weighted by Gasteiger charge is -1.98. The van der Waals surface area contributed by atoms with E-state index in [9.17, 15) is 0 Å². The third kappa shape index (κ3) is 0.936. The van der Waals surface area contributed by atoms with Crippen LogP contribution < -0.4 is 15.2 Å². The molecule has 0 atom stereocenters. The Bertz CT molecular complexity index is 514. The number of nitrogen functional groups attached to an aromatic ring is 1. The first-order valence-corrected chi connectivity index (χ1v) is 4.02. The molecule has 1 aromatic carbocycles. The molecule has 1 aromatic heterocycles. The van der Waals surface area contributed by atoms with Crippen LogP contribution in [0.1, 0.15) is 0 Å². The minimum absolute atomic E-state index is 0.149. The van der Waals surface area contributed by atoms with Crippen LogP contribution in [0.15, 0.2) is 12.1 Å². The zero-order valence-corrected chi connectivity index (χ0v) is 7.10. The molecule has 70 valence electrons. The van der Waals surface area contributed by atoms with Gasteiger partial charge < -0.3 is 15.2 Å². The maximum atomic E-state index is 5.41. The number of nitrogens with zero attached hydrogens (tertiary/aromatic N) is 3. The number of aromatic nitrogens is 3. The maximum Gasteiger partial charge on any atom is 0.240 e. The summed E-state index contributed by atoms with van der Waals surface area (Å²) in [5.74, 6) is 1.48. The summed E-state index contributed by atoms with van der Waals surface area (Å²) in [6.45, 7) is 0.231. The Labute approximate surface area is 78.7 Å². The number of ether oxygens (including phenoxy) is 2. The molecule has 0 bridgehead atoms. The third-order valence-electron chi connectivity index (χ3n) is 1.96. The molecule has 0 saturated carbocycles. The quantitative estimate of drug-likeness (QED) is 0.644. The average molecular weight is 190 g/mol. The third-order valence-corrected chi connectivity index (χ3v) is 1.96. The van der Waals surface area contributed by atoms with Crippen LogP contribution in [0.3, 0.4) is 0 Å². The van der Waals surface area contributed by atoms with Gasteiger partial charge in [-0.15, -0.1) is 10.2 Å². The normalized spacial score (nSPS) is 13.4. The Morgan fingerprint density at radius 2 is 1.79 bits per heavy atom. The molecule has 0 amide bonds. The standard InChI is InChI=1S/C8H6N4O2/c9-8-10-4-1-6-7(14-3-13-6)2-5(4)11-12-8/h1-2H,3H2,(H2,9,10,12). The molecule has 6 heteroatoms. The summed E-state index contributed by atoms with van der Waals surface area (Å²) in [5, 5.41) is 7.54. The van der Waals surface area contributed by atoms with Gasteiger partial charge in [-0.1, -0.05) is 0 Å². The van der Waals surface area contributed by atoms with E-state index < -0.39 is 0 Å². The van der Waals surface area contributed by atoms with Crippen molar-refractivity contribution in [2.45, 2.75) is 0 Å². The molecule has 6 nitrogen and oxygen atoms in total. The lowest BCUT2D eigenvalue weighted by atomic mass is 10.3. The smallest absolute Gasteiger partial charge is 0.240 e. The van der Waals surface area contributed by atoms with Crippen molar-refractivity contribution < 1.29 is 9.47 Å². The van der Waals surface area contributed by atoms with Crippen molar-refractivity contribution in [3.05, 3.63) is 12.1 Å². The second-order valence-electron chi connectivity index (χ2n) is 2.86. The van der Waals surface area contributed by atoms with Crippen molar-refractivity contribution in [2.75, 3.05) is 12.5 Å². The topological polar surface area (TPSA) is 83.2 Å². The molecular formula is C8H6N4O2. The zero-order valence-electron chi connectivity index (χ0n) is 7.10. The van der Waals surface area contributed by atoms with Crippen LogP contribution in [0, 0.1) is 0 Å². The van der Waals surface area contributed by atoms with Crippen LogP contribution >= 0.6 is 0 Å². The second kappa shape index (κ2) is 2.44. The van der Waals surface area contributed by atoms with Crippen molar-refractivity contribution >= 4 is 17.0 Å². The van der Waals surface area contributed by atoms with Gasteiger partial charge >= 0.3 is 0 Å². The first-order chi connectivity index (χ1) is 6.83. The molecule has 0 radical (unpaired) electrons. The molecule has 0 aliphatic carbocycles. The Morgan fingerprint density at radius 1 is 1.07 bits per heavy atom. The number of hydrogen-bond acceptors (Lipinski definition) is 6. The first kappa shape index (κ1) is 7.31. The van der Waals surface area contributed by atoms with Crippen molar-refractivity contribution in [1.82, 2.24) is 15.2 Å². The summed E-state index contributed by atoms with van der Waals surface area (Å²) < 4.78 is 10.4. The predicted molar refractivity (Wildman–Crippen MR) is 47.9 cm³/mol. The van der Waals surface area contributed by atoms with E-state index in [4.69, 9.17) is 15.2 Å². The van der Waals surface area contributed by atoms with Crippen LogP contribution in [-0.2, 0) is 0 Å². The van der Waals surface area contributed by atoms with Gasteiger partial charge in [0, 0.05) is 12.1 Å². The largest absolute Gasteiger partial charge is 0.454 e. The van der Waals surface area contributed by atoms with Gasteiger partial charge in [0.25, 0.3) is 0 Å². The minimum Gasteiger partial charge on any atom is -0.454 e. The van der Waals surface area contributed by atoms with Crippen molar-refractivity contribution in [3.8, 4) is 11.5 Å². The van der Waals surface area contributed by atoms with Crippen LogP contribution in [0.4, 0.5) is 5.95 Å². The maximum absolute atomic E-state index is 5.41. The number of fused-ring (bicyclic) bond motifs is 2. The van der Waals surface area contributed by atoms with E-state index in [1.807, 2.05) is 0 Å². The fourth-order valence-electron chi connectivity index (χ4n) is 1.34. The van der Waals surface area contributed by atoms with Gasteiger partial charge in [-0.2, -0.15) is 0 Å². The molecular weight excluding hydrogens is 184 g/mol. The Morgan fingerprint density at radius 3 is 2.57 bits per heavy atom. The van der Waals surface area contributed by atoms with E-state index in [0.29, 0.717) is 22.5 Å². The molecule has 0 saturated heterocycles. The van der Waals surface area contributed by atoms with Gasteiger partial charge in [0.2, 0.25) is 12.7 Å². The van der Waals surface area contributed by atoms with Crippen molar-refractivity contribution in [1.29, 1.82) is 0 Å². The molecule has 3 rings (SSSR count). The number of nitrogens with two attached hydrogens (primary N) is 1. The number of benzene rings is 1. The summed E-state index contributed by atoms with van der Waals surface area (Å²) >= 11 is 0. The highest BCUT2D eigenvalue weighted by Gasteiger charge is 2.15. The molecule has 1 aliphatic heterocycles. The summed E-state index contributed by atoms with van der Waals surface area (Å²) in [4.78, 5) is 4.02. The Hall–Kier alpha value is -2.11. The summed E-state index contributed by atoms with van der Waals surface area (Å²) in [6, 6.07) is 3.47. The molecule has 2 aromatic rings. The first-order valence-electron chi connectivity index (χ1n) is 4.02. The van der Waals surface area contributed by atoms with E-state index in [-0.39, 0.29) is 12.7 Å². The number of rotatable bonds is 0. The van der Waals surface area contributed by atoms with Gasteiger partial charge in [0.15, 0.2) is 11.5 Å². The SMILES string of the molecule is Nc1nnc2cc3c(cc2n1)OCO3. The zero-order chi connectivity index (χ0) is 9.54. The lowest BCUT2D eigenvalue weighted by Crippen LogP contribution is -1.97. The highest BCUT2D eigenvalue weighted by atomic mass is 16.7. The highest BCUT2D eigenvalue weighted by molar-refractivity contribution is 5.79. The second-order valence-corrected chi connectivity index (χ2v) is 2.86. The number of hydrogen-bond donors (Lipinski definition) is 1. The Balaban J connectivity index is 2.33. The molecule has 2 N–H and O–H groups in total. The number of anilines is 1. The van der Waals surface area contributed by atoms with Crippen LogP contribution in [0.2, 0.25) is 0 Å². The van der Waals surface area contributed by atoms with E-state index in [0.717, 1.165) is 0 Å². The molecule has 2 heterocycles.